The van der Waals surface area contributed by atoms with Gasteiger partial charge in [-0.25, -0.2) is 0 Å². The fraction of sp³-hybridized carbons (Fsp3) is 0.111. The van der Waals surface area contributed by atoms with Crippen molar-refractivity contribution in [1.82, 2.24) is 10.9 Å². The summed E-state index contributed by atoms with van der Waals surface area (Å²) in [6, 6.07) is 11.2. The van der Waals surface area contributed by atoms with Gasteiger partial charge in [-0.3, -0.25) is 20.4 Å². The Balaban J connectivity index is 1.91. The third-order valence-corrected chi connectivity index (χ3v) is 3.35. The predicted octanol–water partition coefficient (Wildman–Crippen LogP) is 3.49. The summed E-state index contributed by atoms with van der Waals surface area (Å²) in [6.07, 6.45) is -1.95. The van der Waals surface area contributed by atoms with E-state index in [1.165, 1.54) is 18.2 Å². The second-order valence-electron chi connectivity index (χ2n) is 5.21. The number of carbonyl (C=O) groups is 2. The Hall–Kier alpha value is -3.09. The summed E-state index contributed by atoms with van der Waals surface area (Å²) in [4.78, 5) is 23.6. The zero-order valence-electron chi connectivity index (χ0n) is 13.2. The summed E-state index contributed by atoms with van der Waals surface area (Å²) in [5.41, 5.74) is 5.32. The number of aryl methyl sites for hydroxylation is 1. The van der Waals surface area contributed by atoms with Crippen LogP contribution in [-0.4, -0.2) is 11.8 Å². The molecule has 0 aliphatic heterocycles. The molecular formula is C18H15F3N2O2. The monoisotopic (exact) mass is 348 g/mol. The average molecular weight is 348 g/mol. The zero-order chi connectivity index (χ0) is 18.4. The van der Waals surface area contributed by atoms with Crippen LogP contribution >= 0.6 is 0 Å². The fourth-order valence-electron chi connectivity index (χ4n) is 2.01. The minimum atomic E-state index is -4.40. The lowest BCUT2D eigenvalue weighted by Crippen LogP contribution is -2.41. The average Bonchev–Trinajstić information content (AvgIpc) is 2.58. The van der Waals surface area contributed by atoms with Crippen LogP contribution in [0.3, 0.4) is 0 Å². The van der Waals surface area contributed by atoms with Crippen molar-refractivity contribution in [2.24, 2.45) is 0 Å². The molecule has 2 amide bonds. The van der Waals surface area contributed by atoms with Gasteiger partial charge in [-0.15, -0.1) is 0 Å². The molecule has 0 aliphatic rings. The summed E-state index contributed by atoms with van der Waals surface area (Å²) in [5, 5.41) is 0. The molecule has 0 spiro atoms. The van der Waals surface area contributed by atoms with Gasteiger partial charge in [0.15, 0.2) is 0 Å². The van der Waals surface area contributed by atoms with Crippen LogP contribution < -0.4 is 10.9 Å². The molecular weight excluding hydrogens is 333 g/mol. The van der Waals surface area contributed by atoms with Crippen LogP contribution in [-0.2, 0) is 11.0 Å². The highest BCUT2D eigenvalue weighted by atomic mass is 19.4. The molecule has 130 valence electrons. The van der Waals surface area contributed by atoms with E-state index in [4.69, 9.17) is 0 Å². The van der Waals surface area contributed by atoms with E-state index in [0.29, 0.717) is 11.1 Å². The lowest BCUT2D eigenvalue weighted by atomic mass is 10.1. The molecule has 2 rings (SSSR count). The Labute approximate surface area is 142 Å². The number of alkyl halides is 3. The summed E-state index contributed by atoms with van der Waals surface area (Å²) in [5.74, 6) is -1.07. The Morgan fingerprint density at radius 1 is 0.960 bits per heavy atom. The number of amides is 2. The molecule has 0 saturated carbocycles. The van der Waals surface area contributed by atoms with Gasteiger partial charge in [0.1, 0.15) is 0 Å². The number of carbonyl (C=O) groups excluding carboxylic acids is 2. The lowest BCUT2D eigenvalue weighted by molar-refractivity contribution is -0.137. The number of benzene rings is 2. The standard InChI is InChI=1S/C18H15F3N2O2/c1-12-4-2-3-5-15(12)17(25)23-22-16(24)11-8-13-6-9-14(10-7-13)18(19,20)21/h2-11H,1H3,(H,22,24)(H,23,25)/b11-8+. The first-order valence-electron chi connectivity index (χ1n) is 7.28. The molecule has 4 nitrogen and oxygen atoms in total. The van der Waals surface area contributed by atoms with Gasteiger partial charge in [0.05, 0.1) is 5.56 Å². The van der Waals surface area contributed by atoms with E-state index in [1.807, 2.05) is 0 Å². The molecule has 25 heavy (non-hydrogen) atoms. The van der Waals surface area contributed by atoms with Crippen LogP contribution in [0.5, 0.6) is 0 Å². The van der Waals surface area contributed by atoms with Gasteiger partial charge in [0.2, 0.25) is 0 Å². The van der Waals surface area contributed by atoms with E-state index < -0.39 is 23.6 Å². The van der Waals surface area contributed by atoms with Crippen LogP contribution in [0, 0.1) is 6.92 Å². The smallest absolute Gasteiger partial charge is 0.268 e. The van der Waals surface area contributed by atoms with E-state index in [9.17, 15) is 22.8 Å². The second-order valence-corrected chi connectivity index (χ2v) is 5.21. The summed E-state index contributed by atoms with van der Waals surface area (Å²) >= 11 is 0. The van der Waals surface area contributed by atoms with Crippen molar-refractivity contribution < 1.29 is 22.8 Å². The first-order valence-corrected chi connectivity index (χ1v) is 7.28. The number of nitrogens with one attached hydrogen (secondary N) is 2. The molecule has 0 aromatic heterocycles. The van der Waals surface area contributed by atoms with Crippen LogP contribution in [0.15, 0.2) is 54.6 Å². The molecule has 0 fully saturated rings. The summed E-state index contributed by atoms with van der Waals surface area (Å²) in [7, 11) is 0. The van der Waals surface area contributed by atoms with Gasteiger partial charge in [0, 0.05) is 11.6 Å². The third-order valence-electron chi connectivity index (χ3n) is 3.35. The van der Waals surface area contributed by atoms with Crippen LogP contribution in [0.4, 0.5) is 13.2 Å². The van der Waals surface area contributed by atoms with Gasteiger partial charge in [-0.05, 0) is 42.3 Å². The van der Waals surface area contributed by atoms with Gasteiger partial charge in [-0.2, -0.15) is 13.2 Å². The Morgan fingerprint density at radius 2 is 1.60 bits per heavy atom. The number of halogens is 3. The van der Waals surface area contributed by atoms with Crippen molar-refractivity contribution in [2.45, 2.75) is 13.1 Å². The van der Waals surface area contributed by atoms with Gasteiger partial charge >= 0.3 is 6.18 Å². The van der Waals surface area contributed by atoms with Crippen molar-refractivity contribution in [3.63, 3.8) is 0 Å². The van der Waals surface area contributed by atoms with E-state index in [-0.39, 0.29) is 0 Å². The number of rotatable bonds is 3. The Kier molecular flexibility index (Phi) is 5.59. The first-order chi connectivity index (χ1) is 11.8. The van der Waals surface area contributed by atoms with Gasteiger partial charge in [-0.1, -0.05) is 30.3 Å². The maximum Gasteiger partial charge on any atom is 0.416 e. The molecule has 0 saturated heterocycles. The Morgan fingerprint density at radius 3 is 2.20 bits per heavy atom. The van der Waals surface area contributed by atoms with E-state index in [0.717, 1.165) is 23.8 Å². The Bertz CT molecular complexity index is 797. The minimum absolute atomic E-state index is 0.424. The number of hydrazine groups is 1. The maximum atomic E-state index is 12.5. The normalized spacial score (nSPS) is 11.4. The molecule has 2 aromatic rings. The predicted molar refractivity (Wildman–Crippen MR) is 87.3 cm³/mol. The van der Waals surface area contributed by atoms with E-state index >= 15 is 0 Å². The van der Waals surface area contributed by atoms with Crippen molar-refractivity contribution in [3.05, 3.63) is 76.9 Å². The summed E-state index contributed by atoms with van der Waals surface area (Å²) in [6.45, 7) is 1.77. The quantitative estimate of drug-likeness (QED) is 0.659. The first kappa shape index (κ1) is 18.3. The summed E-state index contributed by atoms with van der Waals surface area (Å²) < 4.78 is 37.4. The number of hydrogen-bond acceptors (Lipinski definition) is 2. The molecule has 0 bridgehead atoms. The molecule has 7 heteroatoms. The van der Waals surface area contributed by atoms with Crippen LogP contribution in [0.1, 0.15) is 27.0 Å². The van der Waals surface area contributed by atoms with E-state index in [2.05, 4.69) is 10.9 Å². The fourth-order valence-corrected chi connectivity index (χ4v) is 2.01. The van der Waals surface area contributed by atoms with Crippen LogP contribution in [0.2, 0.25) is 0 Å². The largest absolute Gasteiger partial charge is 0.416 e. The maximum absolute atomic E-state index is 12.5. The second kappa shape index (κ2) is 7.65. The van der Waals surface area contributed by atoms with Crippen molar-refractivity contribution in [2.75, 3.05) is 0 Å². The molecule has 0 atom stereocenters. The molecule has 0 heterocycles. The molecule has 0 unspecified atom stereocenters. The topological polar surface area (TPSA) is 58.2 Å². The molecule has 0 aliphatic carbocycles. The molecule has 2 aromatic carbocycles. The highest BCUT2D eigenvalue weighted by molar-refractivity contribution is 5.98. The zero-order valence-corrected chi connectivity index (χ0v) is 13.2. The minimum Gasteiger partial charge on any atom is -0.268 e. The number of hydrogen-bond donors (Lipinski definition) is 2. The highest BCUT2D eigenvalue weighted by Gasteiger charge is 2.29. The molecule has 0 radical (unpaired) electrons. The van der Waals surface area contributed by atoms with Crippen molar-refractivity contribution >= 4 is 17.9 Å². The molecule has 2 N–H and O–H groups in total. The SMILES string of the molecule is Cc1ccccc1C(=O)NNC(=O)/C=C/c1ccc(C(F)(F)F)cc1. The van der Waals surface area contributed by atoms with Gasteiger partial charge in [0.25, 0.3) is 11.8 Å². The van der Waals surface area contributed by atoms with E-state index in [1.54, 1.807) is 31.2 Å². The van der Waals surface area contributed by atoms with Gasteiger partial charge < -0.3 is 0 Å². The van der Waals surface area contributed by atoms with Crippen molar-refractivity contribution in [3.8, 4) is 0 Å². The highest BCUT2D eigenvalue weighted by Crippen LogP contribution is 2.29. The van der Waals surface area contributed by atoms with Crippen LogP contribution in [0.25, 0.3) is 6.08 Å². The lowest BCUT2D eigenvalue weighted by Gasteiger charge is -2.07. The third kappa shape index (κ3) is 5.20. The van der Waals surface area contributed by atoms with Crippen molar-refractivity contribution in [1.29, 1.82) is 0 Å².